The standard InChI is InChI=1S/C9H11NO2.C5H10N2O2S/c1-7-4-3-5-8(6-7)12-9(11)10-2;1-4(10-3)7-9-5(8)6-2/h3-6H,1-2H3,(H,10,11);1-3H3,(H,6,8)/b;7-4+. The zero-order valence-electron chi connectivity index (χ0n) is 13.3. The van der Waals surface area contributed by atoms with Crippen molar-refractivity contribution in [1.82, 2.24) is 10.6 Å². The number of hydrogen-bond donors (Lipinski definition) is 2. The Hall–Kier alpha value is -2.22. The summed E-state index contributed by atoms with van der Waals surface area (Å²) < 4.78 is 4.89. The molecule has 2 amide bonds. The SMILES string of the molecule is CNC(=O)O/N=C(\C)SC.CNC(=O)Oc1cccc(C)c1. The van der Waals surface area contributed by atoms with E-state index >= 15 is 0 Å². The van der Waals surface area contributed by atoms with Gasteiger partial charge in [0.05, 0.1) is 0 Å². The lowest BCUT2D eigenvalue weighted by Crippen LogP contribution is -2.21. The van der Waals surface area contributed by atoms with Crippen LogP contribution in [0.15, 0.2) is 29.4 Å². The van der Waals surface area contributed by atoms with Gasteiger partial charge in [-0.15, -0.1) is 11.8 Å². The molecule has 1 rings (SSSR count). The molecule has 122 valence electrons. The molecule has 0 unspecified atom stereocenters. The van der Waals surface area contributed by atoms with E-state index in [1.54, 1.807) is 19.1 Å². The van der Waals surface area contributed by atoms with Gasteiger partial charge in [-0.05, 0) is 37.8 Å². The van der Waals surface area contributed by atoms with Crippen molar-refractivity contribution in [2.24, 2.45) is 5.16 Å². The Morgan fingerprint density at radius 1 is 1.18 bits per heavy atom. The highest BCUT2D eigenvalue weighted by molar-refractivity contribution is 8.13. The summed E-state index contributed by atoms with van der Waals surface area (Å²) in [6, 6.07) is 7.32. The number of thioether (sulfide) groups is 1. The number of rotatable bonds is 2. The van der Waals surface area contributed by atoms with Crippen LogP contribution in [0.1, 0.15) is 12.5 Å². The largest absolute Gasteiger partial charge is 0.433 e. The molecule has 0 heterocycles. The van der Waals surface area contributed by atoms with E-state index in [0.29, 0.717) is 10.8 Å². The summed E-state index contributed by atoms with van der Waals surface area (Å²) in [5.41, 5.74) is 1.07. The van der Waals surface area contributed by atoms with Gasteiger partial charge in [0.1, 0.15) is 10.8 Å². The second-order valence-electron chi connectivity index (χ2n) is 3.90. The van der Waals surface area contributed by atoms with Gasteiger partial charge >= 0.3 is 12.2 Å². The Morgan fingerprint density at radius 2 is 1.82 bits per heavy atom. The summed E-state index contributed by atoms with van der Waals surface area (Å²) in [5, 5.41) is 8.83. The smallest absolute Gasteiger partial charge is 0.410 e. The average molecular weight is 327 g/mol. The highest BCUT2D eigenvalue weighted by atomic mass is 32.2. The Bertz CT molecular complexity index is 521. The van der Waals surface area contributed by atoms with Gasteiger partial charge in [-0.3, -0.25) is 4.84 Å². The van der Waals surface area contributed by atoms with E-state index in [9.17, 15) is 9.59 Å². The van der Waals surface area contributed by atoms with Crippen LogP contribution in [-0.2, 0) is 4.84 Å². The van der Waals surface area contributed by atoms with Gasteiger partial charge in [0, 0.05) is 14.1 Å². The van der Waals surface area contributed by atoms with E-state index in [0.717, 1.165) is 5.56 Å². The normalized spacial score (nSPS) is 9.95. The first-order valence-corrected chi connectivity index (χ1v) is 7.59. The maximum atomic E-state index is 10.8. The maximum absolute atomic E-state index is 10.8. The van der Waals surface area contributed by atoms with Crippen LogP contribution in [0.3, 0.4) is 0 Å². The van der Waals surface area contributed by atoms with E-state index in [2.05, 4.69) is 20.6 Å². The molecular formula is C14H21N3O4S. The third-order valence-electron chi connectivity index (χ3n) is 2.16. The summed E-state index contributed by atoms with van der Waals surface area (Å²) >= 11 is 1.42. The quantitative estimate of drug-likeness (QED) is 0.377. The molecule has 0 atom stereocenters. The molecule has 0 aliphatic carbocycles. The van der Waals surface area contributed by atoms with Crippen LogP contribution in [-0.4, -0.2) is 37.6 Å². The number of nitrogens with zero attached hydrogens (tertiary/aromatic N) is 1. The number of aryl methyl sites for hydroxylation is 1. The van der Waals surface area contributed by atoms with Gasteiger partial charge in [-0.2, -0.15) is 0 Å². The third kappa shape index (κ3) is 9.65. The minimum Gasteiger partial charge on any atom is -0.410 e. The topological polar surface area (TPSA) is 89.0 Å². The molecule has 8 heteroatoms. The van der Waals surface area contributed by atoms with Crippen molar-refractivity contribution in [1.29, 1.82) is 0 Å². The number of ether oxygens (including phenoxy) is 1. The number of hydrogen-bond acceptors (Lipinski definition) is 6. The van der Waals surface area contributed by atoms with E-state index in [-0.39, 0.29) is 0 Å². The Morgan fingerprint density at radius 3 is 2.32 bits per heavy atom. The van der Waals surface area contributed by atoms with E-state index in [4.69, 9.17) is 4.74 Å². The molecule has 0 aromatic heterocycles. The fraction of sp³-hybridized carbons (Fsp3) is 0.357. The van der Waals surface area contributed by atoms with Gasteiger partial charge in [0.2, 0.25) is 0 Å². The zero-order valence-corrected chi connectivity index (χ0v) is 14.1. The van der Waals surface area contributed by atoms with Gasteiger partial charge in [0.15, 0.2) is 0 Å². The van der Waals surface area contributed by atoms with Crippen LogP contribution >= 0.6 is 11.8 Å². The first kappa shape index (κ1) is 19.8. The van der Waals surface area contributed by atoms with Gasteiger partial charge < -0.3 is 15.4 Å². The van der Waals surface area contributed by atoms with Crippen molar-refractivity contribution in [2.75, 3.05) is 20.4 Å². The molecule has 1 aromatic rings. The van der Waals surface area contributed by atoms with Crippen LogP contribution in [0.4, 0.5) is 9.59 Å². The Labute approximate surface area is 134 Å². The van der Waals surface area contributed by atoms with Crippen LogP contribution in [0.2, 0.25) is 0 Å². The highest BCUT2D eigenvalue weighted by Crippen LogP contribution is 2.11. The van der Waals surface area contributed by atoms with Crippen molar-refractivity contribution in [3.05, 3.63) is 29.8 Å². The van der Waals surface area contributed by atoms with Crippen molar-refractivity contribution >= 4 is 29.0 Å². The molecule has 2 N–H and O–H groups in total. The number of oxime groups is 1. The summed E-state index contributed by atoms with van der Waals surface area (Å²) in [6.45, 7) is 3.70. The predicted octanol–water partition coefficient (Wildman–Crippen LogP) is 2.75. The first-order chi connectivity index (χ1) is 10.4. The van der Waals surface area contributed by atoms with Crippen LogP contribution in [0.5, 0.6) is 5.75 Å². The molecule has 0 saturated heterocycles. The van der Waals surface area contributed by atoms with Gasteiger partial charge in [0.25, 0.3) is 0 Å². The summed E-state index contributed by atoms with van der Waals surface area (Å²) in [4.78, 5) is 25.5. The summed E-state index contributed by atoms with van der Waals surface area (Å²) in [6.07, 6.45) is 0.862. The Kier molecular flexibility index (Phi) is 10.3. The van der Waals surface area contributed by atoms with Crippen LogP contribution < -0.4 is 15.4 Å². The van der Waals surface area contributed by atoms with Crippen LogP contribution in [0.25, 0.3) is 0 Å². The third-order valence-corrected chi connectivity index (χ3v) is 2.83. The minimum absolute atomic E-state index is 0.444. The van der Waals surface area contributed by atoms with Crippen molar-refractivity contribution in [3.63, 3.8) is 0 Å². The fourth-order valence-corrected chi connectivity index (χ4v) is 1.14. The number of amides is 2. The zero-order chi connectivity index (χ0) is 17.0. The molecule has 0 aliphatic heterocycles. The average Bonchev–Trinajstić information content (AvgIpc) is 2.52. The lowest BCUT2D eigenvalue weighted by atomic mass is 10.2. The number of carbonyl (C=O) groups is 2. The van der Waals surface area contributed by atoms with E-state index in [1.807, 2.05) is 25.3 Å². The predicted molar refractivity (Wildman–Crippen MR) is 88.4 cm³/mol. The summed E-state index contributed by atoms with van der Waals surface area (Å²) in [5.74, 6) is 0.564. The molecule has 0 bridgehead atoms. The number of benzene rings is 1. The molecule has 0 fully saturated rings. The monoisotopic (exact) mass is 327 g/mol. The molecule has 0 saturated carbocycles. The van der Waals surface area contributed by atoms with Gasteiger partial charge in [-0.1, -0.05) is 17.3 Å². The summed E-state index contributed by atoms with van der Waals surface area (Å²) in [7, 11) is 3.00. The van der Waals surface area contributed by atoms with E-state index < -0.39 is 12.2 Å². The molecular weight excluding hydrogens is 306 g/mol. The number of carbonyl (C=O) groups excluding carboxylic acids is 2. The second kappa shape index (κ2) is 11.4. The highest BCUT2D eigenvalue weighted by Gasteiger charge is 1.99. The van der Waals surface area contributed by atoms with E-state index in [1.165, 1.54) is 25.9 Å². The molecule has 7 nitrogen and oxygen atoms in total. The molecule has 0 spiro atoms. The van der Waals surface area contributed by atoms with Crippen LogP contribution in [0, 0.1) is 6.92 Å². The molecule has 0 radical (unpaired) electrons. The van der Waals surface area contributed by atoms with Crippen molar-refractivity contribution in [3.8, 4) is 5.75 Å². The van der Waals surface area contributed by atoms with Crippen molar-refractivity contribution < 1.29 is 19.2 Å². The molecule has 1 aromatic carbocycles. The lowest BCUT2D eigenvalue weighted by molar-refractivity contribution is 0.153. The molecule has 0 aliphatic rings. The molecule has 22 heavy (non-hydrogen) atoms. The lowest BCUT2D eigenvalue weighted by Gasteiger charge is -2.02. The second-order valence-corrected chi connectivity index (χ2v) is 4.90. The maximum Gasteiger partial charge on any atom is 0.433 e. The Balaban J connectivity index is 0.000000409. The fourth-order valence-electron chi connectivity index (χ4n) is 1.03. The number of nitrogens with one attached hydrogen (secondary N) is 2. The minimum atomic E-state index is -0.548. The van der Waals surface area contributed by atoms with Gasteiger partial charge in [-0.25, -0.2) is 9.59 Å². The van der Waals surface area contributed by atoms with Crippen molar-refractivity contribution in [2.45, 2.75) is 13.8 Å². The first-order valence-electron chi connectivity index (χ1n) is 6.36.